The van der Waals surface area contributed by atoms with Crippen LogP contribution in [0.4, 0.5) is 0 Å². The van der Waals surface area contributed by atoms with Crippen LogP contribution in [0.3, 0.4) is 0 Å². The summed E-state index contributed by atoms with van der Waals surface area (Å²) in [5, 5.41) is 4.11. The van der Waals surface area contributed by atoms with E-state index in [1.807, 2.05) is 6.92 Å². The Kier molecular flexibility index (Phi) is 3.34. The molecule has 0 aliphatic carbocycles. The lowest BCUT2D eigenvalue weighted by Gasteiger charge is -2.06. The van der Waals surface area contributed by atoms with Gasteiger partial charge in [-0.1, -0.05) is 12.2 Å². The number of hydrogen-bond donors (Lipinski definition) is 1. The summed E-state index contributed by atoms with van der Waals surface area (Å²) in [5.74, 6) is 1.01. The minimum absolute atomic E-state index is 0.260. The van der Waals surface area contributed by atoms with Crippen molar-refractivity contribution in [3.8, 4) is 11.6 Å². The van der Waals surface area contributed by atoms with Crippen LogP contribution in [0, 0.1) is 0 Å². The van der Waals surface area contributed by atoms with Gasteiger partial charge >= 0.3 is 0 Å². The zero-order valence-corrected chi connectivity index (χ0v) is 10.1. The molecule has 2 aromatic heterocycles. The van der Waals surface area contributed by atoms with Crippen molar-refractivity contribution in [2.75, 3.05) is 0 Å². The summed E-state index contributed by atoms with van der Waals surface area (Å²) >= 11 is 4.93. The zero-order valence-electron chi connectivity index (χ0n) is 9.33. The van der Waals surface area contributed by atoms with Crippen LogP contribution < -0.4 is 10.5 Å². The monoisotopic (exact) mass is 248 g/mol. The number of hydrogen-bond acceptors (Lipinski definition) is 4. The smallest absolute Gasteiger partial charge is 0.229 e. The van der Waals surface area contributed by atoms with E-state index in [-0.39, 0.29) is 4.99 Å². The third-order valence-electron chi connectivity index (χ3n) is 2.18. The fourth-order valence-electron chi connectivity index (χ4n) is 1.34. The Balaban J connectivity index is 2.26. The lowest BCUT2D eigenvalue weighted by Crippen LogP contribution is -2.11. The van der Waals surface area contributed by atoms with E-state index in [0.717, 1.165) is 6.54 Å². The van der Waals surface area contributed by atoms with Gasteiger partial charge in [-0.3, -0.25) is 4.68 Å². The summed E-state index contributed by atoms with van der Waals surface area (Å²) < 4.78 is 7.35. The average Bonchev–Trinajstić information content (AvgIpc) is 2.77. The molecular weight excluding hydrogens is 236 g/mol. The first-order valence-electron chi connectivity index (χ1n) is 5.16. The second kappa shape index (κ2) is 4.92. The number of rotatable bonds is 4. The molecule has 0 fully saturated rings. The maximum atomic E-state index is 5.59. The average molecular weight is 248 g/mol. The topological polar surface area (TPSA) is 66.0 Å². The van der Waals surface area contributed by atoms with Gasteiger partial charge in [0, 0.05) is 12.7 Å². The van der Waals surface area contributed by atoms with Gasteiger partial charge in [-0.2, -0.15) is 5.10 Å². The van der Waals surface area contributed by atoms with Gasteiger partial charge in [0.2, 0.25) is 5.88 Å². The van der Waals surface area contributed by atoms with Crippen LogP contribution in [0.2, 0.25) is 0 Å². The van der Waals surface area contributed by atoms with Crippen LogP contribution in [0.25, 0.3) is 0 Å². The molecule has 2 rings (SSSR count). The molecule has 0 spiro atoms. The highest BCUT2D eigenvalue weighted by Crippen LogP contribution is 2.22. The van der Waals surface area contributed by atoms with Crippen molar-refractivity contribution < 1.29 is 4.74 Å². The number of pyridine rings is 1. The zero-order chi connectivity index (χ0) is 12.3. The number of ether oxygens (including phenoxy) is 1. The van der Waals surface area contributed by atoms with Crippen molar-refractivity contribution in [3.63, 3.8) is 0 Å². The molecule has 6 heteroatoms. The van der Waals surface area contributed by atoms with Crippen molar-refractivity contribution in [3.05, 3.63) is 36.3 Å². The van der Waals surface area contributed by atoms with E-state index in [4.69, 9.17) is 22.7 Å². The number of aryl methyl sites for hydroxylation is 1. The first kappa shape index (κ1) is 11.5. The van der Waals surface area contributed by atoms with E-state index in [1.54, 1.807) is 35.4 Å². The van der Waals surface area contributed by atoms with E-state index in [2.05, 4.69) is 10.1 Å². The SMILES string of the molecule is CCn1cc(Oc2ncccc2C(N)=S)cn1. The molecular formula is C11H12N4OS. The predicted octanol–water partition coefficient (Wildman–Crippen LogP) is 1.72. The van der Waals surface area contributed by atoms with E-state index >= 15 is 0 Å². The van der Waals surface area contributed by atoms with Gasteiger partial charge in [0.1, 0.15) is 4.99 Å². The van der Waals surface area contributed by atoms with E-state index in [9.17, 15) is 0 Å². The summed E-state index contributed by atoms with van der Waals surface area (Å²) in [5.41, 5.74) is 6.21. The molecule has 0 aliphatic heterocycles. The summed E-state index contributed by atoms with van der Waals surface area (Å²) in [4.78, 5) is 4.36. The number of aromatic nitrogens is 3. The van der Waals surface area contributed by atoms with Gasteiger partial charge in [-0.15, -0.1) is 0 Å². The molecule has 0 radical (unpaired) electrons. The molecule has 0 aromatic carbocycles. The van der Waals surface area contributed by atoms with Crippen molar-refractivity contribution >= 4 is 17.2 Å². The minimum atomic E-state index is 0.260. The molecule has 0 atom stereocenters. The van der Waals surface area contributed by atoms with Crippen LogP contribution in [-0.2, 0) is 6.54 Å². The van der Waals surface area contributed by atoms with E-state index in [0.29, 0.717) is 17.2 Å². The van der Waals surface area contributed by atoms with Crippen molar-refractivity contribution in [2.45, 2.75) is 13.5 Å². The van der Waals surface area contributed by atoms with E-state index < -0.39 is 0 Å². The van der Waals surface area contributed by atoms with Crippen LogP contribution in [0.1, 0.15) is 12.5 Å². The second-order valence-electron chi connectivity index (χ2n) is 3.35. The quantitative estimate of drug-likeness (QED) is 0.835. The van der Waals surface area contributed by atoms with E-state index in [1.165, 1.54) is 0 Å². The Hall–Kier alpha value is -1.95. The molecule has 0 amide bonds. The molecule has 2 N–H and O–H groups in total. The third-order valence-corrected chi connectivity index (χ3v) is 2.40. The molecule has 0 saturated heterocycles. The normalized spacial score (nSPS) is 10.2. The maximum absolute atomic E-state index is 5.59. The first-order valence-corrected chi connectivity index (χ1v) is 5.56. The van der Waals surface area contributed by atoms with Crippen LogP contribution in [0.5, 0.6) is 11.6 Å². The van der Waals surface area contributed by atoms with Gasteiger partial charge in [0.05, 0.1) is 18.0 Å². The fourth-order valence-corrected chi connectivity index (χ4v) is 1.50. The molecule has 17 heavy (non-hydrogen) atoms. The Morgan fingerprint density at radius 2 is 2.41 bits per heavy atom. The molecule has 0 saturated carbocycles. The highest BCUT2D eigenvalue weighted by atomic mass is 32.1. The highest BCUT2D eigenvalue weighted by Gasteiger charge is 2.09. The van der Waals surface area contributed by atoms with Gasteiger partial charge < -0.3 is 10.5 Å². The van der Waals surface area contributed by atoms with Gasteiger partial charge in [0.15, 0.2) is 5.75 Å². The van der Waals surface area contributed by atoms with Crippen LogP contribution in [-0.4, -0.2) is 19.8 Å². The summed E-state index contributed by atoms with van der Waals surface area (Å²) in [7, 11) is 0. The highest BCUT2D eigenvalue weighted by molar-refractivity contribution is 7.80. The predicted molar refractivity (Wildman–Crippen MR) is 68.1 cm³/mol. The van der Waals surface area contributed by atoms with Gasteiger partial charge in [-0.05, 0) is 19.1 Å². The Morgan fingerprint density at radius 1 is 1.59 bits per heavy atom. The lowest BCUT2D eigenvalue weighted by atomic mass is 10.3. The number of nitrogens with zero attached hydrogens (tertiary/aromatic N) is 3. The molecule has 88 valence electrons. The van der Waals surface area contributed by atoms with Crippen molar-refractivity contribution in [1.29, 1.82) is 0 Å². The molecule has 0 aliphatic rings. The van der Waals surface area contributed by atoms with Crippen molar-refractivity contribution in [1.82, 2.24) is 14.8 Å². The van der Waals surface area contributed by atoms with Gasteiger partial charge in [0.25, 0.3) is 0 Å². The molecule has 2 heterocycles. The summed E-state index contributed by atoms with van der Waals surface area (Å²) in [6.45, 7) is 2.78. The largest absolute Gasteiger partial charge is 0.435 e. The second-order valence-corrected chi connectivity index (χ2v) is 3.79. The van der Waals surface area contributed by atoms with Crippen LogP contribution in [0.15, 0.2) is 30.7 Å². The van der Waals surface area contributed by atoms with Gasteiger partial charge in [-0.25, -0.2) is 4.98 Å². The minimum Gasteiger partial charge on any atom is -0.435 e. The molecule has 2 aromatic rings. The Labute approximate surface area is 104 Å². The summed E-state index contributed by atoms with van der Waals surface area (Å²) in [6.07, 6.45) is 5.04. The first-order chi connectivity index (χ1) is 8.20. The molecule has 0 bridgehead atoms. The third kappa shape index (κ3) is 2.59. The van der Waals surface area contributed by atoms with Crippen molar-refractivity contribution in [2.24, 2.45) is 5.73 Å². The molecule has 5 nitrogen and oxygen atoms in total. The Morgan fingerprint density at radius 3 is 3.06 bits per heavy atom. The lowest BCUT2D eigenvalue weighted by molar-refractivity contribution is 0.461. The number of thiocarbonyl (C=S) groups is 1. The standard InChI is InChI=1S/C11H12N4OS/c1-2-15-7-8(6-14-15)16-11-9(10(12)17)4-3-5-13-11/h3-7H,2H2,1H3,(H2,12,17). The molecule has 0 unspecified atom stereocenters. The maximum Gasteiger partial charge on any atom is 0.229 e. The number of nitrogens with two attached hydrogens (primary N) is 1. The summed E-state index contributed by atoms with van der Waals surface area (Å²) in [6, 6.07) is 3.53. The Bertz CT molecular complexity index is 538. The fraction of sp³-hybridized carbons (Fsp3) is 0.182. The van der Waals surface area contributed by atoms with Crippen LogP contribution >= 0.6 is 12.2 Å².